The number of sulfonamides is 1. The van der Waals surface area contributed by atoms with Crippen LogP contribution in [0, 0.1) is 16.7 Å². The quantitative estimate of drug-likeness (QED) is 0.867. The van der Waals surface area contributed by atoms with Crippen molar-refractivity contribution in [2.45, 2.75) is 58.8 Å². The molecule has 2 fully saturated rings. The minimum atomic E-state index is -3.04. The maximum absolute atomic E-state index is 11.8. The molecule has 5 heteroatoms. The molecule has 4 nitrogen and oxygen atoms in total. The van der Waals surface area contributed by atoms with Gasteiger partial charge in [-0.1, -0.05) is 13.8 Å². The fraction of sp³-hybridized carbons (Fsp3) is 1.00. The second kappa shape index (κ2) is 6.17. The van der Waals surface area contributed by atoms with Crippen molar-refractivity contribution in [3.63, 3.8) is 0 Å². The van der Waals surface area contributed by atoms with Crippen molar-refractivity contribution in [3.05, 3.63) is 0 Å². The second-order valence-electron chi connectivity index (χ2n) is 8.20. The van der Waals surface area contributed by atoms with Gasteiger partial charge in [0.15, 0.2) is 0 Å². The van der Waals surface area contributed by atoms with E-state index in [1.165, 1.54) is 31.9 Å². The van der Waals surface area contributed by atoms with E-state index in [0.717, 1.165) is 25.8 Å². The Balaban J connectivity index is 1.99. The third kappa shape index (κ3) is 4.42. The van der Waals surface area contributed by atoms with E-state index >= 15 is 0 Å². The van der Waals surface area contributed by atoms with Gasteiger partial charge in [-0.15, -0.1) is 0 Å². The summed E-state index contributed by atoms with van der Waals surface area (Å²) in [6.07, 6.45) is 9.46. The number of rotatable bonds is 4. The molecule has 0 aromatic rings. The topological polar surface area (TPSA) is 63.4 Å². The third-order valence-corrected chi connectivity index (χ3v) is 7.04. The van der Waals surface area contributed by atoms with Crippen molar-refractivity contribution in [1.29, 1.82) is 0 Å². The molecule has 1 aliphatic heterocycles. The van der Waals surface area contributed by atoms with Gasteiger partial charge in [-0.3, -0.25) is 0 Å². The molecule has 1 saturated heterocycles. The molecule has 0 aromatic carbocycles. The summed E-state index contributed by atoms with van der Waals surface area (Å²) in [5.74, 6) is 0.484. The van der Waals surface area contributed by atoms with Crippen LogP contribution in [0.4, 0.5) is 0 Å². The van der Waals surface area contributed by atoms with Crippen molar-refractivity contribution < 1.29 is 8.42 Å². The van der Waals surface area contributed by atoms with Crippen molar-refractivity contribution in [2.24, 2.45) is 22.5 Å². The molecular formula is C16H32N2O2S. The highest BCUT2D eigenvalue weighted by molar-refractivity contribution is 7.88. The lowest BCUT2D eigenvalue weighted by atomic mass is 9.62. The fourth-order valence-corrected chi connectivity index (χ4v) is 5.00. The summed E-state index contributed by atoms with van der Waals surface area (Å²) in [6, 6.07) is 0. The maximum Gasteiger partial charge on any atom is 0.211 e. The SMILES string of the molecule is CC1(C)CCC(CN)(CC2CCCN(S(C)(=O)=O)C2)CC1. The van der Waals surface area contributed by atoms with Crippen LogP contribution in [0.2, 0.25) is 0 Å². The first kappa shape index (κ1) is 17.2. The highest BCUT2D eigenvalue weighted by Gasteiger charge is 2.40. The number of nitrogens with two attached hydrogens (primary N) is 1. The first-order chi connectivity index (χ1) is 9.66. The highest BCUT2D eigenvalue weighted by atomic mass is 32.2. The standard InChI is InChI=1S/C16H32N2O2S/c1-15(2)6-8-16(13-17,9-7-15)11-14-5-4-10-18(12-14)21(3,19)20/h14H,4-13,17H2,1-3H3. The van der Waals surface area contributed by atoms with Gasteiger partial charge >= 0.3 is 0 Å². The smallest absolute Gasteiger partial charge is 0.211 e. The molecule has 2 aliphatic rings. The molecule has 0 amide bonds. The summed E-state index contributed by atoms with van der Waals surface area (Å²) in [5, 5.41) is 0. The van der Waals surface area contributed by atoms with Crippen LogP contribution in [-0.2, 0) is 10.0 Å². The first-order valence-electron chi connectivity index (χ1n) is 8.31. The van der Waals surface area contributed by atoms with Crippen LogP contribution >= 0.6 is 0 Å². The molecule has 2 N–H and O–H groups in total. The second-order valence-corrected chi connectivity index (χ2v) is 10.2. The van der Waals surface area contributed by atoms with Crippen molar-refractivity contribution in [2.75, 3.05) is 25.9 Å². The van der Waals surface area contributed by atoms with Crippen molar-refractivity contribution in [3.8, 4) is 0 Å². The molecule has 124 valence electrons. The molecule has 21 heavy (non-hydrogen) atoms. The van der Waals surface area contributed by atoms with E-state index in [9.17, 15) is 8.42 Å². The molecule has 1 aliphatic carbocycles. The number of hydrogen-bond acceptors (Lipinski definition) is 3. The van der Waals surface area contributed by atoms with Crippen LogP contribution < -0.4 is 5.73 Å². The summed E-state index contributed by atoms with van der Waals surface area (Å²) >= 11 is 0. The van der Waals surface area contributed by atoms with Crippen LogP contribution in [-0.4, -0.2) is 38.6 Å². The summed E-state index contributed by atoms with van der Waals surface area (Å²) in [5.41, 5.74) is 6.83. The third-order valence-electron chi connectivity index (χ3n) is 5.77. The molecule has 1 heterocycles. The van der Waals surface area contributed by atoms with Crippen LogP contribution in [0.3, 0.4) is 0 Å². The minimum Gasteiger partial charge on any atom is -0.330 e. The molecular weight excluding hydrogens is 284 g/mol. The van der Waals surface area contributed by atoms with Gasteiger partial charge in [0, 0.05) is 13.1 Å². The summed E-state index contributed by atoms with van der Waals surface area (Å²) in [6.45, 7) is 6.83. The van der Waals surface area contributed by atoms with Gasteiger partial charge in [0.05, 0.1) is 6.26 Å². The van der Waals surface area contributed by atoms with Gasteiger partial charge in [0.25, 0.3) is 0 Å². The maximum atomic E-state index is 11.8. The molecule has 1 unspecified atom stereocenters. The van der Waals surface area contributed by atoms with Crippen LogP contribution in [0.5, 0.6) is 0 Å². The Hall–Kier alpha value is -0.130. The number of piperidine rings is 1. The predicted octanol–water partition coefficient (Wildman–Crippen LogP) is 2.59. The van der Waals surface area contributed by atoms with Gasteiger partial charge in [-0.05, 0) is 68.2 Å². The van der Waals surface area contributed by atoms with Crippen LogP contribution in [0.1, 0.15) is 58.8 Å². The molecule has 1 atom stereocenters. The zero-order valence-corrected chi connectivity index (χ0v) is 14.7. The summed E-state index contributed by atoms with van der Waals surface area (Å²) in [4.78, 5) is 0. The van der Waals surface area contributed by atoms with E-state index < -0.39 is 10.0 Å². The first-order valence-corrected chi connectivity index (χ1v) is 10.2. The normalized spacial score (nSPS) is 30.2. The van der Waals surface area contributed by atoms with Gasteiger partial charge in [-0.2, -0.15) is 0 Å². The average Bonchev–Trinajstić information content (AvgIpc) is 2.41. The van der Waals surface area contributed by atoms with Crippen LogP contribution in [0.15, 0.2) is 0 Å². The minimum absolute atomic E-state index is 0.251. The summed E-state index contributed by atoms with van der Waals surface area (Å²) in [7, 11) is -3.04. The lowest BCUT2D eigenvalue weighted by Crippen LogP contribution is -2.44. The number of nitrogens with zero attached hydrogens (tertiary/aromatic N) is 1. The Kier molecular flexibility index (Phi) is 5.06. The van der Waals surface area contributed by atoms with E-state index in [-0.39, 0.29) is 5.41 Å². The summed E-state index contributed by atoms with van der Waals surface area (Å²) < 4.78 is 25.2. The fourth-order valence-electron chi connectivity index (χ4n) is 4.06. The Labute approximate surface area is 130 Å². The molecule has 1 saturated carbocycles. The van der Waals surface area contributed by atoms with Gasteiger partial charge < -0.3 is 5.73 Å². The van der Waals surface area contributed by atoms with E-state index in [1.807, 2.05) is 0 Å². The van der Waals surface area contributed by atoms with Gasteiger partial charge in [0.1, 0.15) is 0 Å². The molecule has 0 bridgehead atoms. The molecule has 0 aromatic heterocycles. The van der Waals surface area contributed by atoms with Crippen molar-refractivity contribution in [1.82, 2.24) is 4.31 Å². The monoisotopic (exact) mass is 316 g/mol. The largest absolute Gasteiger partial charge is 0.330 e. The Morgan fingerprint density at radius 3 is 2.33 bits per heavy atom. The van der Waals surface area contributed by atoms with E-state index in [4.69, 9.17) is 5.73 Å². The van der Waals surface area contributed by atoms with Crippen LogP contribution in [0.25, 0.3) is 0 Å². The molecule has 0 spiro atoms. The molecule has 0 radical (unpaired) electrons. The van der Waals surface area contributed by atoms with Gasteiger partial charge in [-0.25, -0.2) is 12.7 Å². The Morgan fingerprint density at radius 2 is 1.81 bits per heavy atom. The number of hydrogen-bond donors (Lipinski definition) is 1. The predicted molar refractivity (Wildman–Crippen MR) is 87.5 cm³/mol. The Bertz CT molecular complexity index is 449. The van der Waals surface area contributed by atoms with E-state index in [1.54, 1.807) is 4.31 Å². The van der Waals surface area contributed by atoms with Gasteiger partial charge in [0.2, 0.25) is 10.0 Å². The zero-order chi connectivity index (χ0) is 15.7. The Morgan fingerprint density at radius 1 is 1.19 bits per heavy atom. The van der Waals surface area contributed by atoms with E-state index in [2.05, 4.69) is 13.8 Å². The van der Waals surface area contributed by atoms with Crippen molar-refractivity contribution >= 4 is 10.0 Å². The average molecular weight is 317 g/mol. The lowest BCUT2D eigenvalue weighted by Gasteiger charge is -2.46. The van der Waals surface area contributed by atoms with E-state index in [0.29, 0.717) is 24.4 Å². The zero-order valence-electron chi connectivity index (χ0n) is 13.9. The highest BCUT2D eigenvalue weighted by Crippen LogP contribution is 2.48. The molecule has 2 rings (SSSR count). The lowest BCUT2D eigenvalue weighted by molar-refractivity contribution is 0.0709.